The molecule has 0 spiro atoms. The number of nitrogens with one attached hydrogen (secondary N) is 1. The average Bonchev–Trinajstić information content (AvgIpc) is 3.42. The number of nitrogens with zero attached hydrogens (tertiary/aromatic N) is 3. The standard InChI is InChI=1S/C28H34N4O/c1-18-3-10-27-26(11-18)31-28(19(2)17-33)32(27)25-8-6-24(7-9-25)30-16-21-13-22-5-4-20(15-29)12-23(22)14-21/h3-5,10-12,19,21,24-25,30,33H,6-9,13-14,16-17H2,1-2H3/t19?,21-,24?,25?/m0/s1. The van der Waals surface area contributed by atoms with E-state index in [9.17, 15) is 5.11 Å². The molecule has 0 saturated heterocycles. The SMILES string of the molecule is Cc1ccc2c(c1)nc(C(C)CO)n2C1CCC(NC[C@H]2Cc3ccc(C#N)cc3C2)CC1. The van der Waals surface area contributed by atoms with Gasteiger partial charge in [0, 0.05) is 18.0 Å². The van der Waals surface area contributed by atoms with E-state index in [1.807, 2.05) is 6.07 Å². The van der Waals surface area contributed by atoms with Gasteiger partial charge in [0.25, 0.3) is 0 Å². The van der Waals surface area contributed by atoms with Gasteiger partial charge in [-0.1, -0.05) is 19.1 Å². The van der Waals surface area contributed by atoms with Crippen LogP contribution in [0.5, 0.6) is 0 Å². The summed E-state index contributed by atoms with van der Waals surface area (Å²) in [6.07, 6.45) is 6.81. The molecule has 33 heavy (non-hydrogen) atoms. The van der Waals surface area contributed by atoms with E-state index < -0.39 is 0 Å². The van der Waals surface area contributed by atoms with E-state index in [0.29, 0.717) is 18.0 Å². The van der Waals surface area contributed by atoms with E-state index in [1.165, 1.54) is 35.0 Å². The number of aromatic nitrogens is 2. The summed E-state index contributed by atoms with van der Waals surface area (Å²) in [5.74, 6) is 1.69. The molecule has 2 N–H and O–H groups in total. The minimum absolute atomic E-state index is 0.0408. The summed E-state index contributed by atoms with van der Waals surface area (Å²) < 4.78 is 2.42. The summed E-state index contributed by atoms with van der Waals surface area (Å²) >= 11 is 0. The highest BCUT2D eigenvalue weighted by Gasteiger charge is 2.28. The molecule has 2 aliphatic carbocycles. The number of benzene rings is 2. The predicted octanol–water partition coefficient (Wildman–Crippen LogP) is 4.80. The summed E-state index contributed by atoms with van der Waals surface area (Å²) in [5, 5.41) is 22.8. The van der Waals surface area contributed by atoms with Crippen LogP contribution in [-0.4, -0.2) is 33.9 Å². The number of rotatable bonds is 6. The largest absolute Gasteiger partial charge is 0.396 e. The molecular formula is C28H34N4O. The third-order valence-corrected chi connectivity index (χ3v) is 7.70. The molecule has 1 heterocycles. The molecule has 0 amide bonds. The maximum absolute atomic E-state index is 9.82. The number of imidazole rings is 1. The van der Waals surface area contributed by atoms with Gasteiger partial charge in [0.2, 0.25) is 0 Å². The number of nitriles is 1. The Morgan fingerprint density at radius 2 is 1.91 bits per heavy atom. The fraction of sp³-hybridized carbons (Fsp3) is 0.500. The Labute approximate surface area is 196 Å². The Bertz CT molecular complexity index is 1180. The van der Waals surface area contributed by atoms with Crippen molar-refractivity contribution in [1.82, 2.24) is 14.9 Å². The van der Waals surface area contributed by atoms with Crippen molar-refractivity contribution in [2.75, 3.05) is 13.2 Å². The molecule has 1 saturated carbocycles. The van der Waals surface area contributed by atoms with Gasteiger partial charge in [-0.15, -0.1) is 0 Å². The first-order valence-electron chi connectivity index (χ1n) is 12.4. The molecule has 172 valence electrons. The summed E-state index contributed by atoms with van der Waals surface area (Å²) in [4.78, 5) is 4.93. The zero-order chi connectivity index (χ0) is 22.9. The van der Waals surface area contributed by atoms with Crippen LogP contribution in [0.2, 0.25) is 0 Å². The van der Waals surface area contributed by atoms with E-state index in [4.69, 9.17) is 10.2 Å². The quantitative estimate of drug-likeness (QED) is 0.575. The Hall–Kier alpha value is -2.68. The van der Waals surface area contributed by atoms with Gasteiger partial charge in [0.15, 0.2) is 0 Å². The fourth-order valence-electron chi connectivity index (χ4n) is 5.84. The maximum atomic E-state index is 9.82. The molecule has 2 aromatic carbocycles. The van der Waals surface area contributed by atoms with Crippen molar-refractivity contribution in [3.8, 4) is 6.07 Å². The zero-order valence-corrected chi connectivity index (χ0v) is 19.7. The Balaban J connectivity index is 1.21. The van der Waals surface area contributed by atoms with Crippen molar-refractivity contribution >= 4 is 11.0 Å². The molecule has 5 nitrogen and oxygen atoms in total. The Morgan fingerprint density at radius 3 is 2.67 bits per heavy atom. The third kappa shape index (κ3) is 4.43. The molecule has 1 aromatic heterocycles. The van der Waals surface area contributed by atoms with Gasteiger partial charge in [0.05, 0.1) is 29.3 Å². The summed E-state index contributed by atoms with van der Waals surface area (Å²) in [6.45, 7) is 5.34. The van der Waals surface area contributed by atoms with Crippen LogP contribution in [0.25, 0.3) is 11.0 Å². The molecule has 2 atom stereocenters. The van der Waals surface area contributed by atoms with Crippen LogP contribution in [0.4, 0.5) is 0 Å². The van der Waals surface area contributed by atoms with Crippen LogP contribution >= 0.6 is 0 Å². The second-order valence-corrected chi connectivity index (χ2v) is 10.2. The van der Waals surface area contributed by atoms with Crippen molar-refractivity contribution < 1.29 is 5.11 Å². The maximum Gasteiger partial charge on any atom is 0.115 e. The average molecular weight is 443 g/mol. The lowest BCUT2D eigenvalue weighted by Crippen LogP contribution is -2.37. The molecule has 0 bridgehead atoms. The second kappa shape index (κ2) is 9.29. The molecule has 5 heteroatoms. The molecular weight excluding hydrogens is 408 g/mol. The molecule has 0 radical (unpaired) electrons. The number of aliphatic hydroxyl groups excluding tert-OH is 1. The minimum Gasteiger partial charge on any atom is -0.396 e. The summed E-state index contributed by atoms with van der Waals surface area (Å²) in [7, 11) is 0. The van der Waals surface area contributed by atoms with Gasteiger partial charge in [0.1, 0.15) is 5.82 Å². The van der Waals surface area contributed by atoms with Crippen LogP contribution in [-0.2, 0) is 12.8 Å². The van der Waals surface area contributed by atoms with Gasteiger partial charge >= 0.3 is 0 Å². The monoisotopic (exact) mass is 442 g/mol. The first kappa shape index (κ1) is 22.1. The van der Waals surface area contributed by atoms with Gasteiger partial charge < -0.3 is 15.0 Å². The summed E-state index contributed by atoms with van der Waals surface area (Å²) in [5.41, 5.74) is 7.02. The van der Waals surface area contributed by atoms with Crippen molar-refractivity contribution in [2.45, 2.75) is 70.4 Å². The normalized spacial score (nSPS) is 23.4. The second-order valence-electron chi connectivity index (χ2n) is 10.2. The van der Waals surface area contributed by atoms with Crippen LogP contribution in [0.3, 0.4) is 0 Å². The first-order chi connectivity index (χ1) is 16.1. The number of fused-ring (bicyclic) bond motifs is 2. The van der Waals surface area contributed by atoms with Crippen molar-refractivity contribution in [3.63, 3.8) is 0 Å². The van der Waals surface area contributed by atoms with Crippen LogP contribution in [0.15, 0.2) is 36.4 Å². The van der Waals surface area contributed by atoms with Gasteiger partial charge in [-0.05, 0) is 98.9 Å². The molecule has 3 aromatic rings. The van der Waals surface area contributed by atoms with E-state index in [1.54, 1.807) is 0 Å². The predicted molar refractivity (Wildman–Crippen MR) is 131 cm³/mol. The van der Waals surface area contributed by atoms with Gasteiger partial charge in [-0.3, -0.25) is 0 Å². The summed E-state index contributed by atoms with van der Waals surface area (Å²) in [6, 6.07) is 16.0. The molecule has 0 aliphatic heterocycles. The lowest BCUT2D eigenvalue weighted by atomic mass is 9.90. The van der Waals surface area contributed by atoms with Crippen LogP contribution in [0, 0.1) is 24.2 Å². The lowest BCUT2D eigenvalue weighted by Gasteiger charge is -2.32. The fourth-order valence-corrected chi connectivity index (χ4v) is 5.84. The van der Waals surface area contributed by atoms with E-state index in [2.05, 4.69) is 60.1 Å². The van der Waals surface area contributed by atoms with Crippen molar-refractivity contribution in [1.29, 1.82) is 5.26 Å². The van der Waals surface area contributed by atoms with E-state index in [0.717, 1.165) is 49.1 Å². The van der Waals surface area contributed by atoms with E-state index in [-0.39, 0.29) is 12.5 Å². The van der Waals surface area contributed by atoms with E-state index >= 15 is 0 Å². The molecule has 1 unspecified atom stereocenters. The number of aliphatic hydroxyl groups is 1. The Kier molecular flexibility index (Phi) is 6.23. The number of aryl methyl sites for hydroxylation is 1. The molecule has 1 fully saturated rings. The lowest BCUT2D eigenvalue weighted by molar-refractivity contribution is 0.251. The number of hydrogen-bond acceptors (Lipinski definition) is 4. The van der Waals surface area contributed by atoms with Crippen LogP contribution in [0.1, 0.15) is 72.6 Å². The third-order valence-electron chi connectivity index (χ3n) is 7.70. The zero-order valence-electron chi connectivity index (χ0n) is 19.7. The molecule has 2 aliphatic rings. The van der Waals surface area contributed by atoms with Gasteiger partial charge in [-0.25, -0.2) is 4.98 Å². The minimum atomic E-state index is 0.0408. The molecule has 5 rings (SSSR count). The number of hydrogen-bond donors (Lipinski definition) is 2. The highest BCUT2D eigenvalue weighted by Crippen LogP contribution is 2.35. The van der Waals surface area contributed by atoms with Crippen molar-refractivity contribution in [2.24, 2.45) is 5.92 Å². The topological polar surface area (TPSA) is 73.9 Å². The Morgan fingerprint density at radius 1 is 1.12 bits per heavy atom. The highest BCUT2D eigenvalue weighted by atomic mass is 16.3. The highest BCUT2D eigenvalue weighted by molar-refractivity contribution is 5.77. The van der Waals surface area contributed by atoms with Crippen molar-refractivity contribution in [3.05, 3.63) is 64.5 Å². The van der Waals surface area contributed by atoms with Crippen LogP contribution < -0.4 is 5.32 Å². The smallest absolute Gasteiger partial charge is 0.115 e. The first-order valence-corrected chi connectivity index (χ1v) is 12.4. The van der Waals surface area contributed by atoms with Gasteiger partial charge in [-0.2, -0.15) is 5.26 Å².